The molecule has 0 amide bonds. The molecule has 0 aromatic rings. The molecule has 1 atom stereocenters. The van der Waals surface area contributed by atoms with Crippen LogP contribution in [0.1, 0.15) is 12.8 Å². The van der Waals surface area contributed by atoms with E-state index < -0.39 is 8.07 Å². The Balaban J connectivity index is 3.63. The second kappa shape index (κ2) is 7.57. The van der Waals surface area contributed by atoms with E-state index in [0.29, 0.717) is 19.4 Å². The molecular formula is C11H23NO3Si. The first-order valence-electron chi connectivity index (χ1n) is 5.67. The molecule has 0 radical (unpaired) electrons. The van der Waals surface area contributed by atoms with Crippen molar-refractivity contribution in [3.05, 3.63) is 0 Å². The van der Waals surface area contributed by atoms with E-state index in [1.54, 1.807) is 7.05 Å². The van der Waals surface area contributed by atoms with Crippen LogP contribution in [-0.2, 0) is 14.3 Å². The minimum absolute atomic E-state index is 0.208. The molecule has 94 valence electrons. The molecule has 16 heavy (non-hydrogen) atoms. The van der Waals surface area contributed by atoms with Gasteiger partial charge in [0.15, 0.2) is 0 Å². The number of carbonyl (C=O) groups excluding carboxylic acids is 2. The van der Waals surface area contributed by atoms with Crippen LogP contribution in [0.4, 0.5) is 0 Å². The van der Waals surface area contributed by atoms with E-state index in [9.17, 15) is 9.59 Å². The third-order valence-corrected chi connectivity index (χ3v) is 4.01. The molecule has 5 heteroatoms. The number of ether oxygens (including phenoxy) is 1. The van der Waals surface area contributed by atoms with Crippen molar-refractivity contribution < 1.29 is 14.3 Å². The minimum atomic E-state index is -1.13. The standard InChI is InChI=1S/C11H23NO3Si/c1-12-10(9-13)5-6-11(14)15-7-8-16(2,3)4/h9-10,12H,5-8H2,1-4H3. The molecule has 1 N–H and O–H groups in total. The number of hydrogen-bond acceptors (Lipinski definition) is 4. The fourth-order valence-corrected chi connectivity index (χ4v) is 1.81. The predicted octanol–water partition coefficient (Wildman–Crippen LogP) is 1.43. The lowest BCUT2D eigenvalue weighted by molar-refractivity contribution is -0.143. The minimum Gasteiger partial charge on any atom is -0.466 e. The van der Waals surface area contributed by atoms with Gasteiger partial charge in [-0.15, -0.1) is 0 Å². The maximum Gasteiger partial charge on any atom is 0.305 e. The monoisotopic (exact) mass is 245 g/mol. The third kappa shape index (κ3) is 8.61. The van der Waals surface area contributed by atoms with Crippen molar-refractivity contribution >= 4 is 20.3 Å². The lowest BCUT2D eigenvalue weighted by Crippen LogP contribution is -2.28. The number of rotatable bonds is 8. The lowest BCUT2D eigenvalue weighted by Gasteiger charge is -2.15. The summed E-state index contributed by atoms with van der Waals surface area (Å²) in [4.78, 5) is 21.8. The van der Waals surface area contributed by atoms with Gasteiger partial charge in [0.25, 0.3) is 0 Å². The normalized spacial score (nSPS) is 13.2. The van der Waals surface area contributed by atoms with Gasteiger partial charge in [-0.25, -0.2) is 0 Å². The summed E-state index contributed by atoms with van der Waals surface area (Å²) in [5, 5.41) is 2.82. The van der Waals surface area contributed by atoms with Crippen molar-refractivity contribution in [3.8, 4) is 0 Å². The van der Waals surface area contributed by atoms with Gasteiger partial charge >= 0.3 is 5.97 Å². The van der Waals surface area contributed by atoms with Crippen LogP contribution in [0.5, 0.6) is 0 Å². The fourth-order valence-electron chi connectivity index (χ4n) is 1.10. The van der Waals surface area contributed by atoms with Crippen LogP contribution in [0.15, 0.2) is 0 Å². The summed E-state index contributed by atoms with van der Waals surface area (Å²) in [6.45, 7) is 7.23. The Bertz CT molecular complexity index is 226. The molecule has 0 aromatic heterocycles. The molecule has 0 aliphatic carbocycles. The maximum atomic E-state index is 11.3. The number of esters is 1. The summed E-state index contributed by atoms with van der Waals surface area (Å²) in [5.41, 5.74) is 0. The number of carbonyl (C=O) groups is 2. The topological polar surface area (TPSA) is 55.4 Å². The first kappa shape index (κ1) is 15.3. The van der Waals surface area contributed by atoms with Gasteiger partial charge in [-0.3, -0.25) is 4.79 Å². The van der Waals surface area contributed by atoms with Gasteiger partial charge in [0.05, 0.1) is 12.6 Å². The van der Waals surface area contributed by atoms with Crippen molar-refractivity contribution in [1.82, 2.24) is 5.32 Å². The number of hydrogen-bond donors (Lipinski definition) is 1. The Morgan fingerprint density at radius 2 is 2.06 bits per heavy atom. The summed E-state index contributed by atoms with van der Waals surface area (Å²) in [5.74, 6) is -0.208. The fraction of sp³-hybridized carbons (Fsp3) is 0.818. The van der Waals surface area contributed by atoms with E-state index in [2.05, 4.69) is 25.0 Å². The molecule has 0 aliphatic heterocycles. The molecule has 0 fully saturated rings. The average molecular weight is 245 g/mol. The van der Waals surface area contributed by atoms with E-state index in [1.165, 1.54) is 0 Å². The van der Waals surface area contributed by atoms with Gasteiger partial charge in [0.2, 0.25) is 0 Å². The van der Waals surface area contributed by atoms with E-state index in [-0.39, 0.29) is 12.0 Å². The summed E-state index contributed by atoms with van der Waals surface area (Å²) in [7, 11) is 0.576. The summed E-state index contributed by atoms with van der Waals surface area (Å²) >= 11 is 0. The van der Waals surface area contributed by atoms with E-state index in [4.69, 9.17) is 4.74 Å². The summed E-state index contributed by atoms with van der Waals surface area (Å²) in [6, 6.07) is 0.742. The highest BCUT2D eigenvalue weighted by atomic mass is 28.3. The number of likely N-dealkylation sites (N-methyl/N-ethyl adjacent to an activating group) is 1. The molecule has 0 saturated heterocycles. The SMILES string of the molecule is CNC(C=O)CCC(=O)OCC[Si](C)(C)C. The molecule has 1 unspecified atom stereocenters. The number of aldehydes is 1. The van der Waals surface area contributed by atoms with E-state index >= 15 is 0 Å². The molecule has 0 bridgehead atoms. The van der Waals surface area contributed by atoms with E-state index in [0.717, 1.165) is 12.3 Å². The van der Waals surface area contributed by atoms with Gasteiger partial charge in [-0.2, -0.15) is 0 Å². The van der Waals surface area contributed by atoms with Crippen LogP contribution < -0.4 is 5.32 Å². The zero-order valence-electron chi connectivity index (χ0n) is 10.7. The molecule has 0 aromatic carbocycles. The second-order valence-electron chi connectivity index (χ2n) is 5.10. The van der Waals surface area contributed by atoms with Crippen molar-refractivity contribution in [1.29, 1.82) is 0 Å². The average Bonchev–Trinajstić information content (AvgIpc) is 2.17. The van der Waals surface area contributed by atoms with Gasteiger partial charge in [-0.1, -0.05) is 19.6 Å². The van der Waals surface area contributed by atoms with Gasteiger partial charge in [-0.05, 0) is 19.5 Å². The molecular weight excluding hydrogens is 222 g/mol. The first-order valence-corrected chi connectivity index (χ1v) is 9.38. The quantitative estimate of drug-likeness (QED) is 0.399. The van der Waals surface area contributed by atoms with Crippen molar-refractivity contribution in [2.24, 2.45) is 0 Å². The van der Waals surface area contributed by atoms with E-state index in [1.807, 2.05) is 0 Å². The lowest BCUT2D eigenvalue weighted by atomic mass is 10.2. The van der Waals surface area contributed by atoms with Crippen molar-refractivity contribution in [2.45, 2.75) is 44.6 Å². The van der Waals surface area contributed by atoms with Crippen LogP contribution >= 0.6 is 0 Å². The highest BCUT2D eigenvalue weighted by Crippen LogP contribution is 2.08. The third-order valence-electron chi connectivity index (χ3n) is 2.31. The highest BCUT2D eigenvalue weighted by Gasteiger charge is 2.14. The molecule has 0 spiro atoms. The second-order valence-corrected chi connectivity index (χ2v) is 10.7. The summed E-state index contributed by atoms with van der Waals surface area (Å²) < 4.78 is 5.11. The van der Waals surface area contributed by atoms with Crippen LogP contribution in [0.3, 0.4) is 0 Å². The molecule has 0 rings (SSSR count). The van der Waals surface area contributed by atoms with Crippen LogP contribution in [0, 0.1) is 0 Å². The molecule has 0 heterocycles. The zero-order valence-corrected chi connectivity index (χ0v) is 11.7. The Morgan fingerprint density at radius 3 is 2.50 bits per heavy atom. The molecule has 0 saturated carbocycles. The molecule has 0 aliphatic rings. The van der Waals surface area contributed by atoms with Crippen LogP contribution in [0.2, 0.25) is 25.7 Å². The summed E-state index contributed by atoms with van der Waals surface area (Å²) in [6.07, 6.45) is 1.62. The van der Waals surface area contributed by atoms with Crippen molar-refractivity contribution in [2.75, 3.05) is 13.7 Å². The molecule has 4 nitrogen and oxygen atoms in total. The first-order chi connectivity index (χ1) is 7.39. The van der Waals surface area contributed by atoms with Gasteiger partial charge in [0.1, 0.15) is 6.29 Å². The van der Waals surface area contributed by atoms with Crippen LogP contribution in [-0.4, -0.2) is 40.0 Å². The highest BCUT2D eigenvalue weighted by molar-refractivity contribution is 6.76. The van der Waals surface area contributed by atoms with Gasteiger partial charge in [0, 0.05) is 14.5 Å². The van der Waals surface area contributed by atoms with Gasteiger partial charge < -0.3 is 14.8 Å². The maximum absolute atomic E-state index is 11.3. The smallest absolute Gasteiger partial charge is 0.305 e. The van der Waals surface area contributed by atoms with Crippen molar-refractivity contribution in [3.63, 3.8) is 0 Å². The predicted molar refractivity (Wildman–Crippen MR) is 67.3 cm³/mol. The largest absolute Gasteiger partial charge is 0.466 e. The zero-order chi connectivity index (χ0) is 12.6. The Hall–Kier alpha value is -0.683. The number of nitrogens with one attached hydrogen (secondary N) is 1. The Kier molecular flexibility index (Phi) is 7.24. The Morgan fingerprint density at radius 1 is 1.44 bits per heavy atom. The van der Waals surface area contributed by atoms with Crippen LogP contribution in [0.25, 0.3) is 0 Å². The Labute approximate surface area is 98.8 Å².